The van der Waals surface area contributed by atoms with Gasteiger partial charge in [0.05, 0.1) is 11.5 Å². The van der Waals surface area contributed by atoms with Gasteiger partial charge in [-0.05, 0) is 55.0 Å². The van der Waals surface area contributed by atoms with E-state index < -0.39 is 5.54 Å². The molecule has 2 aliphatic rings. The van der Waals surface area contributed by atoms with E-state index in [0.717, 1.165) is 49.7 Å². The third kappa shape index (κ3) is 4.10. The molecule has 0 aromatic heterocycles. The zero-order valence-electron chi connectivity index (χ0n) is 18.2. The maximum Gasteiger partial charge on any atom is 0.254 e. The number of nitrogens with one attached hydrogen (secondary N) is 1. The number of benzene rings is 2. The van der Waals surface area contributed by atoms with Gasteiger partial charge < -0.3 is 10.2 Å². The average molecular weight is 423 g/mol. The highest BCUT2D eigenvalue weighted by atomic mass is 19.1. The lowest BCUT2D eigenvalue weighted by Gasteiger charge is -2.50. The van der Waals surface area contributed by atoms with Gasteiger partial charge in [0.25, 0.3) is 5.91 Å². The van der Waals surface area contributed by atoms with Crippen molar-refractivity contribution in [1.82, 2.24) is 10.2 Å². The van der Waals surface area contributed by atoms with E-state index in [9.17, 15) is 14.0 Å². The van der Waals surface area contributed by atoms with Gasteiger partial charge >= 0.3 is 0 Å². The molecule has 1 aliphatic carbocycles. The highest BCUT2D eigenvalue weighted by Crippen LogP contribution is 2.50. The van der Waals surface area contributed by atoms with Crippen molar-refractivity contribution in [2.75, 3.05) is 13.1 Å². The number of carbonyl (C=O) groups is 2. The van der Waals surface area contributed by atoms with Gasteiger partial charge in [-0.25, -0.2) is 4.39 Å². The van der Waals surface area contributed by atoms with Crippen LogP contribution in [0.15, 0.2) is 48.5 Å². The van der Waals surface area contributed by atoms with Crippen LogP contribution in [-0.4, -0.2) is 35.3 Å². The SMILES string of the molecule is CCCCN1C(=O)c2ccccc2[C@H](C(=O)NCCc2cccc(F)c2)C12CCCC2. The van der Waals surface area contributed by atoms with Crippen molar-refractivity contribution in [3.8, 4) is 0 Å². The minimum atomic E-state index is -0.441. The number of carbonyl (C=O) groups excluding carboxylic acids is 2. The average Bonchev–Trinajstić information content (AvgIpc) is 3.24. The summed E-state index contributed by atoms with van der Waals surface area (Å²) in [5.41, 5.74) is 1.93. The Morgan fingerprint density at radius 1 is 1.16 bits per heavy atom. The molecule has 4 nitrogen and oxygen atoms in total. The van der Waals surface area contributed by atoms with E-state index in [1.807, 2.05) is 35.2 Å². The van der Waals surface area contributed by atoms with Crippen LogP contribution in [0, 0.1) is 5.82 Å². The molecule has 1 atom stereocenters. The molecule has 1 fully saturated rings. The van der Waals surface area contributed by atoms with Gasteiger partial charge in [-0.3, -0.25) is 9.59 Å². The summed E-state index contributed by atoms with van der Waals surface area (Å²) in [7, 11) is 0. The van der Waals surface area contributed by atoms with E-state index in [-0.39, 0.29) is 23.5 Å². The lowest BCUT2D eigenvalue weighted by atomic mass is 9.71. The van der Waals surface area contributed by atoms with Gasteiger partial charge in [0, 0.05) is 18.7 Å². The molecular weight excluding hydrogens is 391 g/mol. The molecule has 2 aromatic carbocycles. The Morgan fingerprint density at radius 3 is 2.68 bits per heavy atom. The van der Waals surface area contributed by atoms with E-state index in [2.05, 4.69) is 12.2 Å². The summed E-state index contributed by atoms with van der Waals surface area (Å²) in [6.07, 6.45) is 6.30. The molecule has 1 heterocycles. The van der Waals surface area contributed by atoms with Crippen LogP contribution >= 0.6 is 0 Å². The first-order valence-electron chi connectivity index (χ1n) is 11.5. The number of halogens is 1. The quantitative estimate of drug-likeness (QED) is 0.694. The highest BCUT2D eigenvalue weighted by Gasteiger charge is 2.55. The molecule has 0 saturated heterocycles. The van der Waals surface area contributed by atoms with E-state index in [0.29, 0.717) is 25.1 Å². The van der Waals surface area contributed by atoms with Crippen LogP contribution in [0.2, 0.25) is 0 Å². The van der Waals surface area contributed by atoms with Gasteiger partial charge in [-0.1, -0.05) is 56.5 Å². The molecule has 0 radical (unpaired) electrons. The number of nitrogens with zero attached hydrogens (tertiary/aromatic N) is 1. The molecule has 164 valence electrons. The van der Waals surface area contributed by atoms with Crippen molar-refractivity contribution in [2.24, 2.45) is 0 Å². The molecule has 2 amide bonds. The summed E-state index contributed by atoms with van der Waals surface area (Å²) in [6.45, 7) is 3.26. The molecular formula is C26H31FN2O2. The van der Waals surface area contributed by atoms with E-state index in [1.54, 1.807) is 6.07 Å². The summed E-state index contributed by atoms with van der Waals surface area (Å²) < 4.78 is 13.5. The summed E-state index contributed by atoms with van der Waals surface area (Å²) in [5, 5.41) is 3.10. The van der Waals surface area contributed by atoms with Gasteiger partial charge in [-0.15, -0.1) is 0 Å². The van der Waals surface area contributed by atoms with Crippen LogP contribution in [0.25, 0.3) is 0 Å². The van der Waals surface area contributed by atoms with Crippen LogP contribution in [-0.2, 0) is 11.2 Å². The lowest BCUT2D eigenvalue weighted by molar-refractivity contribution is -0.126. The van der Waals surface area contributed by atoms with Crippen LogP contribution in [0.5, 0.6) is 0 Å². The van der Waals surface area contributed by atoms with Crippen LogP contribution in [0.3, 0.4) is 0 Å². The standard InChI is InChI=1S/C26H31FN2O2/c1-2-3-17-29-25(31)22-12-5-4-11-21(22)23(26(29)14-6-7-15-26)24(30)28-16-13-19-9-8-10-20(27)18-19/h4-5,8-12,18,23H,2-3,6-7,13-17H2,1H3,(H,28,30)/t23-/m1/s1. The zero-order valence-corrected chi connectivity index (χ0v) is 18.2. The fourth-order valence-corrected chi connectivity index (χ4v) is 5.43. The van der Waals surface area contributed by atoms with E-state index >= 15 is 0 Å². The van der Waals surface area contributed by atoms with Crippen molar-refractivity contribution in [2.45, 2.75) is 63.3 Å². The predicted octanol–water partition coefficient (Wildman–Crippen LogP) is 4.84. The fraction of sp³-hybridized carbons (Fsp3) is 0.462. The largest absolute Gasteiger partial charge is 0.355 e. The summed E-state index contributed by atoms with van der Waals surface area (Å²) in [5.74, 6) is -0.595. The van der Waals surface area contributed by atoms with Gasteiger partial charge in [0.2, 0.25) is 5.91 Å². The summed E-state index contributed by atoms with van der Waals surface area (Å²) >= 11 is 0. The van der Waals surface area contributed by atoms with E-state index in [4.69, 9.17) is 0 Å². The molecule has 0 bridgehead atoms. The number of hydrogen-bond acceptors (Lipinski definition) is 2. The Balaban J connectivity index is 1.62. The first kappa shape index (κ1) is 21.5. The van der Waals surface area contributed by atoms with E-state index in [1.165, 1.54) is 12.1 Å². The molecule has 1 spiro atoms. The molecule has 31 heavy (non-hydrogen) atoms. The number of unbranched alkanes of at least 4 members (excludes halogenated alkanes) is 1. The molecule has 1 N–H and O–H groups in total. The Hall–Kier alpha value is -2.69. The normalized spacial score (nSPS) is 19.5. The third-order valence-corrected chi connectivity index (χ3v) is 6.89. The number of amides is 2. The topological polar surface area (TPSA) is 49.4 Å². The van der Waals surface area contributed by atoms with Crippen LogP contribution < -0.4 is 5.32 Å². The number of rotatable bonds is 7. The molecule has 1 aliphatic heterocycles. The summed E-state index contributed by atoms with van der Waals surface area (Å²) in [6, 6.07) is 14.1. The molecule has 1 saturated carbocycles. The zero-order chi connectivity index (χ0) is 21.8. The lowest BCUT2D eigenvalue weighted by Crippen LogP contribution is -2.60. The Kier molecular flexibility index (Phi) is 6.40. The molecule has 0 unspecified atom stereocenters. The summed E-state index contributed by atoms with van der Waals surface area (Å²) in [4.78, 5) is 29.0. The Morgan fingerprint density at radius 2 is 1.94 bits per heavy atom. The van der Waals surface area contributed by atoms with Crippen molar-refractivity contribution < 1.29 is 14.0 Å². The van der Waals surface area contributed by atoms with Crippen molar-refractivity contribution in [3.63, 3.8) is 0 Å². The second-order valence-corrected chi connectivity index (χ2v) is 8.81. The first-order chi connectivity index (χ1) is 15.1. The third-order valence-electron chi connectivity index (χ3n) is 6.89. The predicted molar refractivity (Wildman–Crippen MR) is 119 cm³/mol. The van der Waals surface area contributed by atoms with Gasteiger partial charge in [-0.2, -0.15) is 0 Å². The Bertz CT molecular complexity index is 952. The maximum absolute atomic E-state index is 13.6. The smallest absolute Gasteiger partial charge is 0.254 e. The molecule has 4 rings (SSSR count). The highest BCUT2D eigenvalue weighted by molar-refractivity contribution is 6.02. The van der Waals surface area contributed by atoms with Crippen molar-refractivity contribution in [1.29, 1.82) is 0 Å². The van der Waals surface area contributed by atoms with Gasteiger partial charge in [0.1, 0.15) is 5.82 Å². The van der Waals surface area contributed by atoms with Crippen LogP contribution in [0.1, 0.15) is 72.9 Å². The van der Waals surface area contributed by atoms with Crippen molar-refractivity contribution in [3.05, 3.63) is 71.0 Å². The minimum Gasteiger partial charge on any atom is -0.355 e. The van der Waals surface area contributed by atoms with Gasteiger partial charge in [0.15, 0.2) is 0 Å². The second kappa shape index (κ2) is 9.21. The second-order valence-electron chi connectivity index (χ2n) is 8.81. The fourth-order valence-electron chi connectivity index (χ4n) is 5.43. The monoisotopic (exact) mass is 422 g/mol. The minimum absolute atomic E-state index is 0.0280. The number of fused-ring (bicyclic) bond motifs is 1. The maximum atomic E-state index is 13.6. The number of hydrogen-bond donors (Lipinski definition) is 1. The van der Waals surface area contributed by atoms with Crippen molar-refractivity contribution >= 4 is 11.8 Å². The van der Waals surface area contributed by atoms with Crippen LogP contribution in [0.4, 0.5) is 4.39 Å². The molecule has 5 heteroatoms. The first-order valence-corrected chi connectivity index (χ1v) is 11.5. The Labute approximate surface area is 183 Å². The molecule has 2 aromatic rings.